The van der Waals surface area contributed by atoms with Gasteiger partial charge in [0.05, 0.1) is 5.69 Å². The Hall–Kier alpha value is -1.16. The van der Waals surface area contributed by atoms with Crippen molar-refractivity contribution in [1.82, 2.24) is 19.8 Å². The Morgan fingerprint density at radius 3 is 3.00 bits per heavy atom. The second kappa shape index (κ2) is 2.42. The predicted molar refractivity (Wildman–Crippen MR) is 47.8 cm³/mol. The van der Waals surface area contributed by atoms with E-state index in [1.807, 2.05) is 6.07 Å². The molecule has 0 bridgehead atoms. The van der Waals surface area contributed by atoms with Crippen LogP contribution < -0.4 is 0 Å². The molecule has 2 aromatic heterocycles. The van der Waals surface area contributed by atoms with Crippen LogP contribution in [0.5, 0.6) is 0 Å². The van der Waals surface area contributed by atoms with E-state index in [2.05, 4.69) is 15.2 Å². The van der Waals surface area contributed by atoms with Crippen molar-refractivity contribution in [2.45, 2.75) is 18.8 Å². The van der Waals surface area contributed by atoms with Gasteiger partial charge >= 0.3 is 0 Å². The molecule has 4 nitrogen and oxygen atoms in total. The summed E-state index contributed by atoms with van der Waals surface area (Å²) in [6.07, 6.45) is 3.88. The smallest absolute Gasteiger partial charge is 0.158 e. The summed E-state index contributed by atoms with van der Waals surface area (Å²) in [4.78, 5) is 3.89. The molecule has 1 aliphatic rings. The van der Waals surface area contributed by atoms with E-state index in [1.165, 1.54) is 19.2 Å². The molecule has 0 unspecified atom stereocenters. The van der Waals surface area contributed by atoms with Gasteiger partial charge in [0, 0.05) is 5.92 Å². The summed E-state index contributed by atoms with van der Waals surface area (Å²) in [5.74, 6) is 0.623. The standard InChI is InChI=1S/C8H7ClN4/c9-8-7-3-6(5-1-2-5)12-13(7)11-4-10-8/h3-5H,1-2H2. The molecule has 0 saturated heterocycles. The minimum atomic E-state index is 0.467. The molecule has 0 aromatic carbocycles. The maximum atomic E-state index is 5.88. The van der Waals surface area contributed by atoms with Gasteiger partial charge in [0.25, 0.3) is 0 Å². The quantitative estimate of drug-likeness (QED) is 0.694. The SMILES string of the molecule is Clc1ncnn2nc(C3CC3)cc12. The van der Waals surface area contributed by atoms with Crippen molar-refractivity contribution in [3.8, 4) is 0 Å². The van der Waals surface area contributed by atoms with Crippen LogP contribution in [0.1, 0.15) is 24.5 Å². The first-order valence-corrected chi connectivity index (χ1v) is 4.59. The molecule has 0 spiro atoms. The van der Waals surface area contributed by atoms with E-state index in [1.54, 1.807) is 4.63 Å². The van der Waals surface area contributed by atoms with Gasteiger partial charge in [0.15, 0.2) is 5.15 Å². The van der Waals surface area contributed by atoms with Crippen LogP contribution in [-0.4, -0.2) is 19.8 Å². The van der Waals surface area contributed by atoms with Crippen LogP contribution in [0.4, 0.5) is 0 Å². The van der Waals surface area contributed by atoms with E-state index in [0.717, 1.165) is 11.2 Å². The van der Waals surface area contributed by atoms with Gasteiger partial charge in [0.2, 0.25) is 0 Å². The molecule has 5 heteroatoms. The monoisotopic (exact) mass is 194 g/mol. The zero-order valence-corrected chi connectivity index (χ0v) is 7.57. The van der Waals surface area contributed by atoms with Crippen LogP contribution in [-0.2, 0) is 0 Å². The lowest BCUT2D eigenvalue weighted by Crippen LogP contribution is -1.94. The summed E-state index contributed by atoms with van der Waals surface area (Å²) in [5.41, 5.74) is 1.88. The Kier molecular flexibility index (Phi) is 1.35. The normalized spacial score (nSPS) is 16.7. The molecule has 1 saturated carbocycles. The molecule has 0 radical (unpaired) electrons. The molecule has 3 rings (SSSR count). The third-order valence-electron chi connectivity index (χ3n) is 2.25. The van der Waals surface area contributed by atoms with E-state index in [0.29, 0.717) is 11.1 Å². The van der Waals surface area contributed by atoms with Crippen molar-refractivity contribution < 1.29 is 0 Å². The van der Waals surface area contributed by atoms with E-state index in [9.17, 15) is 0 Å². The minimum absolute atomic E-state index is 0.467. The fourth-order valence-electron chi connectivity index (χ4n) is 1.39. The van der Waals surface area contributed by atoms with E-state index in [4.69, 9.17) is 11.6 Å². The number of rotatable bonds is 1. The van der Waals surface area contributed by atoms with Crippen LogP contribution in [0, 0.1) is 0 Å². The van der Waals surface area contributed by atoms with E-state index >= 15 is 0 Å². The van der Waals surface area contributed by atoms with Gasteiger partial charge in [-0.1, -0.05) is 11.6 Å². The second-order valence-electron chi connectivity index (χ2n) is 3.27. The van der Waals surface area contributed by atoms with Gasteiger partial charge in [-0.2, -0.15) is 5.10 Å². The van der Waals surface area contributed by atoms with Crippen LogP contribution in [0.3, 0.4) is 0 Å². The third-order valence-corrected chi connectivity index (χ3v) is 2.54. The Bertz CT molecular complexity index is 460. The molecule has 2 heterocycles. The molecule has 1 aliphatic carbocycles. The Morgan fingerprint density at radius 2 is 2.31 bits per heavy atom. The molecule has 1 fully saturated rings. The zero-order chi connectivity index (χ0) is 8.84. The lowest BCUT2D eigenvalue weighted by Gasteiger charge is -1.89. The number of hydrogen-bond donors (Lipinski definition) is 0. The molecule has 13 heavy (non-hydrogen) atoms. The highest BCUT2D eigenvalue weighted by atomic mass is 35.5. The molecule has 2 aromatic rings. The Balaban J connectivity index is 2.26. The van der Waals surface area contributed by atoms with E-state index < -0.39 is 0 Å². The number of fused-ring (bicyclic) bond motifs is 1. The third kappa shape index (κ3) is 1.09. The largest absolute Gasteiger partial charge is 0.220 e. The average molecular weight is 195 g/mol. The van der Waals surface area contributed by atoms with Gasteiger partial charge in [-0.3, -0.25) is 0 Å². The Labute approximate surface area is 79.5 Å². The fraction of sp³-hybridized carbons (Fsp3) is 0.375. The van der Waals surface area contributed by atoms with Gasteiger partial charge < -0.3 is 0 Å². The van der Waals surface area contributed by atoms with Crippen LogP contribution in [0.25, 0.3) is 5.52 Å². The number of hydrogen-bond acceptors (Lipinski definition) is 3. The lowest BCUT2D eigenvalue weighted by atomic mass is 10.3. The minimum Gasteiger partial charge on any atom is -0.220 e. The van der Waals surface area contributed by atoms with E-state index in [-0.39, 0.29) is 0 Å². The van der Waals surface area contributed by atoms with Gasteiger partial charge in [-0.05, 0) is 18.9 Å². The lowest BCUT2D eigenvalue weighted by molar-refractivity contribution is 0.758. The zero-order valence-electron chi connectivity index (χ0n) is 6.81. The predicted octanol–water partition coefficient (Wildman–Crippen LogP) is 1.66. The molecule has 0 N–H and O–H groups in total. The summed E-state index contributed by atoms with van der Waals surface area (Å²) in [7, 11) is 0. The molecular formula is C8H7ClN4. The highest BCUT2D eigenvalue weighted by Gasteiger charge is 2.26. The average Bonchev–Trinajstić information content (AvgIpc) is 2.87. The summed E-state index contributed by atoms with van der Waals surface area (Å²) in [5, 5.41) is 8.77. The highest BCUT2D eigenvalue weighted by molar-refractivity contribution is 6.32. The van der Waals surface area contributed by atoms with Crippen molar-refractivity contribution >= 4 is 17.1 Å². The maximum Gasteiger partial charge on any atom is 0.158 e. The van der Waals surface area contributed by atoms with Crippen molar-refractivity contribution in [2.24, 2.45) is 0 Å². The van der Waals surface area contributed by atoms with Gasteiger partial charge in [0.1, 0.15) is 11.8 Å². The molecular weight excluding hydrogens is 188 g/mol. The summed E-state index contributed by atoms with van der Waals surface area (Å²) < 4.78 is 1.54. The fourth-order valence-corrected chi connectivity index (χ4v) is 1.56. The first-order valence-electron chi connectivity index (χ1n) is 4.21. The first-order chi connectivity index (χ1) is 6.34. The highest BCUT2D eigenvalue weighted by Crippen LogP contribution is 2.39. The van der Waals surface area contributed by atoms with Crippen molar-refractivity contribution in [1.29, 1.82) is 0 Å². The number of nitrogens with zero attached hydrogens (tertiary/aromatic N) is 4. The van der Waals surface area contributed by atoms with Crippen molar-refractivity contribution in [3.05, 3.63) is 23.2 Å². The van der Waals surface area contributed by atoms with Crippen molar-refractivity contribution in [2.75, 3.05) is 0 Å². The summed E-state index contributed by atoms with van der Waals surface area (Å²) in [6.45, 7) is 0. The molecule has 0 amide bonds. The van der Waals surface area contributed by atoms with Gasteiger partial charge in [-0.15, -0.1) is 9.73 Å². The van der Waals surface area contributed by atoms with Crippen LogP contribution in [0.2, 0.25) is 5.15 Å². The second-order valence-corrected chi connectivity index (χ2v) is 3.63. The maximum absolute atomic E-state index is 5.88. The van der Waals surface area contributed by atoms with Crippen LogP contribution in [0.15, 0.2) is 12.4 Å². The Morgan fingerprint density at radius 1 is 1.46 bits per heavy atom. The summed E-state index contributed by atoms with van der Waals surface area (Å²) in [6, 6.07) is 1.97. The summed E-state index contributed by atoms with van der Waals surface area (Å²) >= 11 is 5.88. The van der Waals surface area contributed by atoms with Crippen LogP contribution >= 0.6 is 11.6 Å². The topological polar surface area (TPSA) is 43.1 Å². The number of aromatic nitrogens is 4. The number of halogens is 1. The van der Waals surface area contributed by atoms with Gasteiger partial charge in [-0.25, -0.2) is 4.98 Å². The molecule has 66 valence electrons. The molecule has 0 atom stereocenters. The molecule has 0 aliphatic heterocycles. The van der Waals surface area contributed by atoms with Crippen molar-refractivity contribution in [3.63, 3.8) is 0 Å². The first kappa shape index (κ1) is 7.26.